The van der Waals surface area contributed by atoms with Crippen molar-refractivity contribution in [1.82, 2.24) is 4.98 Å². The molecule has 0 atom stereocenters. The number of hydrogen-bond donors (Lipinski definition) is 2. The van der Waals surface area contributed by atoms with Crippen molar-refractivity contribution in [2.75, 3.05) is 31.6 Å². The van der Waals surface area contributed by atoms with Gasteiger partial charge in [0.05, 0.1) is 13.2 Å². The van der Waals surface area contributed by atoms with E-state index in [1.165, 1.54) is 5.56 Å². The van der Waals surface area contributed by atoms with E-state index in [9.17, 15) is 0 Å². The number of aromatic nitrogens is 1. The van der Waals surface area contributed by atoms with E-state index >= 15 is 0 Å². The highest BCUT2D eigenvalue weighted by atomic mass is 16.5. The van der Waals surface area contributed by atoms with Gasteiger partial charge < -0.3 is 15.8 Å². The van der Waals surface area contributed by atoms with Gasteiger partial charge in [-0.1, -0.05) is 0 Å². The zero-order valence-electron chi connectivity index (χ0n) is 8.49. The average Bonchev–Trinajstić information content (AvgIpc) is 2.18. The first kappa shape index (κ1) is 10.9. The molecule has 4 nitrogen and oxygen atoms in total. The maximum atomic E-state index is 5.28. The van der Waals surface area contributed by atoms with Crippen molar-refractivity contribution in [3.8, 4) is 0 Å². The van der Waals surface area contributed by atoms with Gasteiger partial charge >= 0.3 is 0 Å². The molecule has 0 spiro atoms. The van der Waals surface area contributed by atoms with Crippen molar-refractivity contribution in [3.63, 3.8) is 0 Å². The Hall–Kier alpha value is -1.13. The van der Waals surface area contributed by atoms with Gasteiger partial charge in [-0.25, -0.2) is 4.98 Å². The summed E-state index contributed by atoms with van der Waals surface area (Å²) in [5, 5.41) is 3.17. The molecule has 0 aliphatic carbocycles. The number of nitrogens with two attached hydrogens (primary N) is 1. The van der Waals surface area contributed by atoms with Gasteiger partial charge in [0.2, 0.25) is 0 Å². The summed E-state index contributed by atoms with van der Waals surface area (Å²) in [6.07, 6.45) is 1.79. The Labute approximate surface area is 84.5 Å². The fourth-order valence-corrected chi connectivity index (χ4v) is 1.07. The van der Waals surface area contributed by atoms with Crippen LogP contribution < -0.4 is 11.1 Å². The van der Waals surface area contributed by atoms with Gasteiger partial charge in [0.15, 0.2) is 0 Å². The molecule has 0 radical (unpaired) electrons. The SMILES string of the molecule is Cc1ccnc(NCCOCCN)c1. The van der Waals surface area contributed by atoms with Crippen LogP contribution in [0.5, 0.6) is 0 Å². The van der Waals surface area contributed by atoms with E-state index in [0.29, 0.717) is 19.8 Å². The molecule has 78 valence electrons. The Balaban J connectivity index is 2.18. The first-order valence-electron chi connectivity index (χ1n) is 4.77. The minimum atomic E-state index is 0.572. The first-order chi connectivity index (χ1) is 6.83. The van der Waals surface area contributed by atoms with Gasteiger partial charge in [-0.2, -0.15) is 0 Å². The Kier molecular flexibility index (Phi) is 4.96. The maximum Gasteiger partial charge on any atom is 0.126 e. The summed E-state index contributed by atoms with van der Waals surface area (Å²) in [5.74, 6) is 0.890. The number of nitrogens with one attached hydrogen (secondary N) is 1. The van der Waals surface area contributed by atoms with E-state index in [2.05, 4.69) is 10.3 Å². The lowest BCUT2D eigenvalue weighted by Gasteiger charge is -2.06. The number of aryl methyl sites for hydroxylation is 1. The van der Waals surface area contributed by atoms with Crippen molar-refractivity contribution >= 4 is 5.82 Å². The number of ether oxygens (including phenoxy) is 1. The predicted molar refractivity (Wildman–Crippen MR) is 57.3 cm³/mol. The molecule has 3 N–H and O–H groups in total. The number of hydrogen-bond acceptors (Lipinski definition) is 4. The molecule has 0 unspecified atom stereocenters. The molecule has 0 aliphatic rings. The maximum absolute atomic E-state index is 5.28. The summed E-state index contributed by atoms with van der Waals surface area (Å²) < 4.78 is 5.22. The van der Waals surface area contributed by atoms with E-state index in [1.54, 1.807) is 6.20 Å². The van der Waals surface area contributed by atoms with Crippen LogP contribution in [-0.2, 0) is 4.74 Å². The van der Waals surface area contributed by atoms with Crippen molar-refractivity contribution < 1.29 is 4.74 Å². The summed E-state index contributed by atoms with van der Waals surface area (Å²) in [6.45, 7) is 4.65. The van der Waals surface area contributed by atoms with Gasteiger partial charge in [0, 0.05) is 19.3 Å². The number of anilines is 1. The molecule has 0 bridgehead atoms. The molecule has 1 heterocycles. The quantitative estimate of drug-likeness (QED) is 0.658. The molecule has 1 aromatic heterocycles. The Morgan fingerprint density at radius 3 is 3.07 bits per heavy atom. The van der Waals surface area contributed by atoms with Gasteiger partial charge in [0.1, 0.15) is 5.82 Å². The second-order valence-corrected chi connectivity index (χ2v) is 3.05. The van der Waals surface area contributed by atoms with Gasteiger partial charge in [-0.15, -0.1) is 0 Å². The van der Waals surface area contributed by atoms with Crippen LogP contribution in [0.15, 0.2) is 18.3 Å². The third-order valence-corrected chi connectivity index (χ3v) is 1.73. The minimum Gasteiger partial charge on any atom is -0.378 e. The lowest BCUT2D eigenvalue weighted by atomic mass is 10.3. The van der Waals surface area contributed by atoms with Crippen LogP contribution in [0.4, 0.5) is 5.82 Å². The van der Waals surface area contributed by atoms with E-state index in [-0.39, 0.29) is 0 Å². The molecule has 1 rings (SSSR count). The lowest BCUT2D eigenvalue weighted by molar-refractivity contribution is 0.151. The zero-order chi connectivity index (χ0) is 10.2. The lowest BCUT2D eigenvalue weighted by Crippen LogP contribution is -2.14. The second-order valence-electron chi connectivity index (χ2n) is 3.05. The zero-order valence-corrected chi connectivity index (χ0v) is 8.49. The van der Waals surface area contributed by atoms with Gasteiger partial charge in [-0.05, 0) is 24.6 Å². The van der Waals surface area contributed by atoms with E-state index < -0.39 is 0 Å². The standard InChI is InChI=1S/C10H17N3O/c1-9-2-4-12-10(8-9)13-5-7-14-6-3-11/h2,4,8H,3,5-7,11H2,1H3,(H,12,13). The third kappa shape index (κ3) is 4.20. The first-order valence-corrected chi connectivity index (χ1v) is 4.77. The monoisotopic (exact) mass is 195 g/mol. The van der Waals surface area contributed by atoms with Crippen molar-refractivity contribution in [2.45, 2.75) is 6.92 Å². The normalized spacial score (nSPS) is 10.1. The largest absolute Gasteiger partial charge is 0.378 e. The molecule has 0 aliphatic heterocycles. The van der Waals surface area contributed by atoms with Crippen LogP contribution in [-0.4, -0.2) is 31.3 Å². The topological polar surface area (TPSA) is 60.2 Å². The minimum absolute atomic E-state index is 0.572. The number of pyridine rings is 1. The summed E-state index contributed by atoms with van der Waals surface area (Å²) in [6, 6.07) is 3.97. The summed E-state index contributed by atoms with van der Waals surface area (Å²) in [4.78, 5) is 4.17. The predicted octanol–water partition coefficient (Wildman–Crippen LogP) is 0.777. The summed E-state index contributed by atoms with van der Waals surface area (Å²) in [7, 11) is 0. The summed E-state index contributed by atoms with van der Waals surface area (Å²) >= 11 is 0. The third-order valence-electron chi connectivity index (χ3n) is 1.73. The highest BCUT2D eigenvalue weighted by Gasteiger charge is 1.92. The van der Waals surface area contributed by atoms with E-state index in [4.69, 9.17) is 10.5 Å². The van der Waals surface area contributed by atoms with Crippen LogP contribution in [0.25, 0.3) is 0 Å². The molecule has 0 saturated carbocycles. The Morgan fingerprint density at radius 2 is 2.36 bits per heavy atom. The Morgan fingerprint density at radius 1 is 1.50 bits per heavy atom. The van der Waals surface area contributed by atoms with Crippen LogP contribution in [0, 0.1) is 6.92 Å². The fourth-order valence-electron chi connectivity index (χ4n) is 1.07. The summed E-state index contributed by atoms with van der Waals surface area (Å²) in [5.41, 5.74) is 6.48. The molecule has 0 saturated heterocycles. The van der Waals surface area contributed by atoms with E-state index in [1.807, 2.05) is 19.1 Å². The molecule has 0 aromatic carbocycles. The van der Waals surface area contributed by atoms with E-state index in [0.717, 1.165) is 12.4 Å². The Bertz CT molecular complexity index is 265. The average molecular weight is 195 g/mol. The van der Waals surface area contributed by atoms with Crippen LogP contribution in [0.2, 0.25) is 0 Å². The van der Waals surface area contributed by atoms with Crippen molar-refractivity contribution in [1.29, 1.82) is 0 Å². The molecule has 4 heteroatoms. The highest BCUT2D eigenvalue weighted by molar-refractivity contribution is 5.36. The molecule has 14 heavy (non-hydrogen) atoms. The van der Waals surface area contributed by atoms with Gasteiger partial charge in [0.25, 0.3) is 0 Å². The highest BCUT2D eigenvalue weighted by Crippen LogP contribution is 2.04. The van der Waals surface area contributed by atoms with Crippen LogP contribution in [0.3, 0.4) is 0 Å². The molecule has 0 amide bonds. The molecular weight excluding hydrogens is 178 g/mol. The molecular formula is C10H17N3O. The molecule has 0 fully saturated rings. The smallest absolute Gasteiger partial charge is 0.126 e. The molecule has 1 aromatic rings. The second kappa shape index (κ2) is 6.34. The van der Waals surface area contributed by atoms with Crippen molar-refractivity contribution in [2.24, 2.45) is 5.73 Å². The fraction of sp³-hybridized carbons (Fsp3) is 0.500. The number of rotatable bonds is 6. The van der Waals surface area contributed by atoms with Gasteiger partial charge in [-0.3, -0.25) is 0 Å². The van der Waals surface area contributed by atoms with Crippen molar-refractivity contribution in [3.05, 3.63) is 23.9 Å². The number of nitrogens with zero attached hydrogens (tertiary/aromatic N) is 1. The van der Waals surface area contributed by atoms with Crippen LogP contribution in [0.1, 0.15) is 5.56 Å². The van der Waals surface area contributed by atoms with Crippen LogP contribution >= 0.6 is 0 Å².